The number of likely N-dealkylation sites (N-methyl/N-ethyl adjacent to an activating group) is 1. The minimum Gasteiger partial charge on any atom is -0.304 e. The molecule has 0 amide bonds. The highest BCUT2D eigenvalue weighted by Crippen LogP contribution is 2.24. The lowest BCUT2D eigenvalue weighted by Crippen LogP contribution is -2.51. The van der Waals surface area contributed by atoms with Gasteiger partial charge in [-0.1, -0.05) is 22.0 Å². The molecule has 0 bridgehead atoms. The standard InChI is InChI=1S/C13H19BrFN3/c1-10(12-4-3-11(15)9-13(12)14)16-18-7-5-17(2)6-8-18/h3-4,9-10,16H,5-8H2,1-2H3. The first-order chi connectivity index (χ1) is 8.56. The largest absolute Gasteiger partial charge is 0.304 e. The Bertz CT molecular complexity index is 405. The Balaban J connectivity index is 1.97. The molecule has 0 aliphatic carbocycles. The van der Waals surface area contributed by atoms with E-state index in [9.17, 15) is 4.39 Å². The summed E-state index contributed by atoms with van der Waals surface area (Å²) in [6.45, 7) is 6.27. The van der Waals surface area contributed by atoms with Crippen molar-refractivity contribution in [2.24, 2.45) is 0 Å². The fraction of sp³-hybridized carbons (Fsp3) is 0.538. The Kier molecular flexibility index (Phi) is 4.72. The van der Waals surface area contributed by atoms with Gasteiger partial charge in [-0.15, -0.1) is 0 Å². The van der Waals surface area contributed by atoms with Gasteiger partial charge in [-0.05, 0) is 31.7 Å². The van der Waals surface area contributed by atoms with Gasteiger partial charge in [0, 0.05) is 36.7 Å². The van der Waals surface area contributed by atoms with Crippen LogP contribution in [-0.4, -0.2) is 43.1 Å². The van der Waals surface area contributed by atoms with Crippen LogP contribution in [0.4, 0.5) is 4.39 Å². The van der Waals surface area contributed by atoms with E-state index in [1.807, 2.05) is 6.07 Å². The van der Waals surface area contributed by atoms with Gasteiger partial charge in [0.2, 0.25) is 0 Å². The van der Waals surface area contributed by atoms with Crippen molar-refractivity contribution in [1.29, 1.82) is 0 Å². The first-order valence-corrected chi connectivity index (χ1v) is 7.00. The lowest BCUT2D eigenvalue weighted by molar-refractivity contribution is 0.0897. The minimum absolute atomic E-state index is 0.170. The van der Waals surface area contributed by atoms with Crippen LogP contribution >= 0.6 is 15.9 Å². The number of hydrazine groups is 1. The van der Waals surface area contributed by atoms with Crippen LogP contribution in [0.3, 0.4) is 0 Å². The zero-order chi connectivity index (χ0) is 13.1. The number of halogens is 2. The van der Waals surface area contributed by atoms with Gasteiger partial charge in [-0.2, -0.15) is 0 Å². The average molecular weight is 316 g/mol. The van der Waals surface area contributed by atoms with Gasteiger partial charge < -0.3 is 4.90 Å². The molecule has 1 fully saturated rings. The second-order valence-corrected chi connectivity index (χ2v) is 5.66. The van der Waals surface area contributed by atoms with Crippen molar-refractivity contribution in [3.8, 4) is 0 Å². The quantitative estimate of drug-likeness (QED) is 0.924. The molecule has 0 saturated carbocycles. The maximum Gasteiger partial charge on any atom is 0.124 e. The predicted molar refractivity (Wildman–Crippen MR) is 74.7 cm³/mol. The fourth-order valence-electron chi connectivity index (χ4n) is 2.13. The molecule has 1 unspecified atom stereocenters. The molecule has 100 valence electrons. The van der Waals surface area contributed by atoms with Gasteiger partial charge in [-0.3, -0.25) is 0 Å². The molecular weight excluding hydrogens is 297 g/mol. The van der Waals surface area contributed by atoms with Crippen LogP contribution in [0.2, 0.25) is 0 Å². The summed E-state index contributed by atoms with van der Waals surface area (Å²) in [5, 5.41) is 2.24. The number of rotatable bonds is 3. The Hall–Kier alpha value is -0.490. The van der Waals surface area contributed by atoms with Gasteiger partial charge >= 0.3 is 0 Å². The molecule has 2 rings (SSSR count). The molecule has 1 saturated heterocycles. The van der Waals surface area contributed by atoms with E-state index < -0.39 is 0 Å². The molecule has 1 aromatic rings. The zero-order valence-electron chi connectivity index (χ0n) is 10.8. The van der Waals surface area contributed by atoms with Crippen molar-refractivity contribution < 1.29 is 4.39 Å². The fourth-order valence-corrected chi connectivity index (χ4v) is 2.83. The van der Waals surface area contributed by atoms with Crippen LogP contribution in [-0.2, 0) is 0 Å². The molecule has 0 radical (unpaired) electrons. The van der Waals surface area contributed by atoms with Gasteiger partial charge in [0.25, 0.3) is 0 Å². The van der Waals surface area contributed by atoms with E-state index in [1.54, 1.807) is 0 Å². The average Bonchev–Trinajstić information content (AvgIpc) is 2.32. The van der Waals surface area contributed by atoms with Crippen molar-refractivity contribution in [1.82, 2.24) is 15.3 Å². The molecule has 0 aromatic heterocycles. The van der Waals surface area contributed by atoms with E-state index in [2.05, 4.69) is 45.2 Å². The van der Waals surface area contributed by atoms with E-state index in [4.69, 9.17) is 0 Å². The van der Waals surface area contributed by atoms with E-state index >= 15 is 0 Å². The molecule has 1 heterocycles. The highest BCUT2D eigenvalue weighted by molar-refractivity contribution is 9.10. The second kappa shape index (κ2) is 6.10. The number of hydrogen-bond donors (Lipinski definition) is 1. The Labute approximate surface area is 116 Å². The van der Waals surface area contributed by atoms with Gasteiger partial charge in [0.05, 0.1) is 0 Å². The van der Waals surface area contributed by atoms with Crippen LogP contribution in [0.5, 0.6) is 0 Å². The summed E-state index contributed by atoms with van der Waals surface area (Å²) in [5.41, 5.74) is 4.55. The number of hydrogen-bond acceptors (Lipinski definition) is 3. The maximum atomic E-state index is 13.0. The van der Waals surface area contributed by atoms with Crippen molar-refractivity contribution in [2.75, 3.05) is 33.2 Å². The third-order valence-corrected chi connectivity index (χ3v) is 4.00. The van der Waals surface area contributed by atoms with Gasteiger partial charge in [0.1, 0.15) is 5.82 Å². The lowest BCUT2D eigenvalue weighted by atomic mass is 10.1. The van der Waals surface area contributed by atoms with Crippen LogP contribution in [0.25, 0.3) is 0 Å². The highest BCUT2D eigenvalue weighted by atomic mass is 79.9. The summed E-state index contributed by atoms with van der Waals surface area (Å²) in [6.07, 6.45) is 0. The molecule has 1 aromatic carbocycles. The summed E-state index contributed by atoms with van der Waals surface area (Å²) >= 11 is 3.42. The zero-order valence-corrected chi connectivity index (χ0v) is 12.4. The van der Waals surface area contributed by atoms with Crippen molar-refractivity contribution >= 4 is 15.9 Å². The first-order valence-electron chi connectivity index (χ1n) is 6.21. The molecule has 1 atom stereocenters. The van der Waals surface area contributed by atoms with Gasteiger partial charge in [0.15, 0.2) is 0 Å². The van der Waals surface area contributed by atoms with Crippen LogP contribution in [0.15, 0.2) is 22.7 Å². The predicted octanol–water partition coefficient (Wildman–Crippen LogP) is 2.40. The molecule has 1 N–H and O–H groups in total. The lowest BCUT2D eigenvalue weighted by Gasteiger charge is -2.34. The van der Waals surface area contributed by atoms with E-state index in [0.717, 1.165) is 36.2 Å². The third-order valence-electron chi connectivity index (χ3n) is 3.31. The summed E-state index contributed by atoms with van der Waals surface area (Å²) in [6, 6.07) is 5.01. The number of nitrogens with zero attached hydrogens (tertiary/aromatic N) is 2. The minimum atomic E-state index is -0.211. The van der Waals surface area contributed by atoms with Crippen LogP contribution in [0.1, 0.15) is 18.5 Å². The topological polar surface area (TPSA) is 18.5 Å². The Morgan fingerprint density at radius 3 is 2.56 bits per heavy atom. The smallest absolute Gasteiger partial charge is 0.124 e. The summed E-state index contributed by atoms with van der Waals surface area (Å²) in [4.78, 5) is 2.32. The first kappa shape index (κ1) is 13.9. The molecule has 1 aliphatic rings. The SMILES string of the molecule is CC(NN1CCN(C)CC1)c1ccc(F)cc1Br. The summed E-state index contributed by atoms with van der Waals surface area (Å²) < 4.78 is 13.9. The molecule has 1 aliphatic heterocycles. The van der Waals surface area contributed by atoms with E-state index in [-0.39, 0.29) is 11.9 Å². The van der Waals surface area contributed by atoms with Crippen LogP contribution < -0.4 is 5.43 Å². The second-order valence-electron chi connectivity index (χ2n) is 4.81. The Morgan fingerprint density at radius 1 is 1.28 bits per heavy atom. The molecule has 3 nitrogen and oxygen atoms in total. The molecule has 0 spiro atoms. The number of piperazine rings is 1. The van der Waals surface area contributed by atoms with E-state index in [0.29, 0.717) is 0 Å². The highest BCUT2D eigenvalue weighted by Gasteiger charge is 2.17. The van der Waals surface area contributed by atoms with Crippen molar-refractivity contribution in [3.05, 3.63) is 34.1 Å². The monoisotopic (exact) mass is 315 g/mol. The van der Waals surface area contributed by atoms with Crippen molar-refractivity contribution in [3.63, 3.8) is 0 Å². The maximum absolute atomic E-state index is 13.0. The normalized spacial score (nSPS) is 20.0. The van der Waals surface area contributed by atoms with Crippen molar-refractivity contribution in [2.45, 2.75) is 13.0 Å². The summed E-state index contributed by atoms with van der Waals surface area (Å²) in [5.74, 6) is -0.211. The van der Waals surface area contributed by atoms with Gasteiger partial charge in [-0.25, -0.2) is 14.8 Å². The molecule has 5 heteroatoms. The summed E-state index contributed by atoms with van der Waals surface area (Å²) in [7, 11) is 2.14. The number of benzene rings is 1. The Morgan fingerprint density at radius 2 is 1.94 bits per heavy atom. The number of nitrogens with one attached hydrogen (secondary N) is 1. The van der Waals surface area contributed by atoms with E-state index in [1.165, 1.54) is 12.1 Å². The third kappa shape index (κ3) is 3.51. The molecule has 18 heavy (non-hydrogen) atoms. The van der Waals surface area contributed by atoms with Crippen LogP contribution in [0, 0.1) is 5.82 Å². The molecular formula is C13H19BrFN3.